The van der Waals surface area contributed by atoms with E-state index in [1.54, 1.807) is 0 Å². The Morgan fingerprint density at radius 1 is 0.789 bits per heavy atom. The molecule has 2 aliphatic carbocycles. The molecule has 0 saturated heterocycles. The standard InChI is InChI=1S/C17H12ClN/c18-15-8-10-16(11-9-15)19-12-14-7-6-13-4-2-1-3-5-17(13)14/h1-12H. The van der Waals surface area contributed by atoms with Crippen LogP contribution in [0.3, 0.4) is 0 Å². The highest BCUT2D eigenvalue weighted by atomic mass is 35.5. The van der Waals surface area contributed by atoms with E-state index in [1.807, 2.05) is 48.7 Å². The number of halogens is 1. The highest BCUT2D eigenvalue weighted by molar-refractivity contribution is 6.30. The van der Waals surface area contributed by atoms with Crippen LogP contribution in [-0.2, 0) is 0 Å². The van der Waals surface area contributed by atoms with E-state index in [-0.39, 0.29) is 0 Å². The molecule has 1 nitrogen and oxygen atoms in total. The van der Waals surface area contributed by atoms with Crippen molar-refractivity contribution in [2.45, 2.75) is 0 Å². The van der Waals surface area contributed by atoms with Crippen molar-refractivity contribution in [3.8, 4) is 11.1 Å². The Kier molecular flexibility index (Phi) is 3.30. The maximum atomic E-state index is 5.85. The van der Waals surface area contributed by atoms with Crippen molar-refractivity contribution in [1.29, 1.82) is 0 Å². The lowest BCUT2D eigenvalue weighted by Crippen LogP contribution is -1.78. The molecule has 0 spiro atoms. The highest BCUT2D eigenvalue weighted by Gasteiger charge is 2.04. The molecular formula is C17H12ClN. The van der Waals surface area contributed by atoms with Crippen LogP contribution >= 0.6 is 11.6 Å². The minimum absolute atomic E-state index is 0.727. The molecule has 0 unspecified atom stereocenters. The number of nitrogens with zero attached hydrogens (tertiary/aromatic N) is 1. The number of hydrogen-bond acceptors (Lipinski definition) is 1. The van der Waals surface area contributed by atoms with E-state index in [0.29, 0.717) is 0 Å². The smallest absolute Gasteiger partial charge is 0.0630 e. The summed E-state index contributed by atoms with van der Waals surface area (Å²) in [5.74, 6) is 0. The summed E-state index contributed by atoms with van der Waals surface area (Å²) in [7, 11) is 0. The Balaban J connectivity index is 1.93. The van der Waals surface area contributed by atoms with Crippen LogP contribution in [0.2, 0.25) is 5.02 Å². The zero-order chi connectivity index (χ0) is 13.1. The van der Waals surface area contributed by atoms with Crippen LogP contribution in [0.5, 0.6) is 0 Å². The maximum absolute atomic E-state index is 5.85. The van der Waals surface area contributed by atoms with Crippen LogP contribution in [0.1, 0.15) is 5.56 Å². The van der Waals surface area contributed by atoms with Gasteiger partial charge in [0.05, 0.1) is 5.69 Å². The number of benzene rings is 1. The monoisotopic (exact) mass is 265 g/mol. The Hall–Kier alpha value is -2.12. The molecule has 0 aromatic heterocycles. The fourth-order valence-electron chi connectivity index (χ4n) is 2.02. The third-order valence-corrected chi connectivity index (χ3v) is 3.26. The van der Waals surface area contributed by atoms with Gasteiger partial charge in [-0.2, -0.15) is 0 Å². The Morgan fingerprint density at radius 3 is 2.42 bits per heavy atom. The second-order valence-corrected chi connectivity index (χ2v) is 4.74. The molecule has 0 fully saturated rings. The van der Waals surface area contributed by atoms with Gasteiger partial charge in [-0.25, -0.2) is 0 Å². The summed E-state index contributed by atoms with van der Waals surface area (Å²) in [5.41, 5.74) is 4.46. The van der Waals surface area contributed by atoms with E-state index in [4.69, 9.17) is 11.6 Å². The normalized spacial score (nSPS) is 11.2. The van der Waals surface area contributed by atoms with Gasteiger partial charge in [0.25, 0.3) is 0 Å². The molecule has 2 aliphatic rings. The summed E-state index contributed by atoms with van der Waals surface area (Å²) < 4.78 is 0. The molecule has 0 bridgehead atoms. The molecule has 0 saturated carbocycles. The number of rotatable bonds is 2. The average Bonchev–Trinajstić information content (AvgIpc) is 2.66. The minimum Gasteiger partial charge on any atom is -0.256 e. The first-order valence-electron chi connectivity index (χ1n) is 6.10. The van der Waals surface area contributed by atoms with Gasteiger partial charge in [-0.05, 0) is 35.4 Å². The van der Waals surface area contributed by atoms with Crippen LogP contribution in [-0.4, -0.2) is 6.21 Å². The lowest BCUT2D eigenvalue weighted by atomic mass is 10.1. The first kappa shape index (κ1) is 11.9. The van der Waals surface area contributed by atoms with E-state index in [0.717, 1.165) is 16.3 Å². The third-order valence-electron chi connectivity index (χ3n) is 3.00. The van der Waals surface area contributed by atoms with Crippen LogP contribution in [0, 0.1) is 0 Å². The fourth-order valence-corrected chi connectivity index (χ4v) is 2.15. The van der Waals surface area contributed by atoms with Gasteiger partial charge in [0, 0.05) is 16.8 Å². The third kappa shape index (κ3) is 2.67. The lowest BCUT2D eigenvalue weighted by Gasteiger charge is -1.96. The van der Waals surface area contributed by atoms with Crippen LogP contribution < -0.4 is 0 Å². The van der Waals surface area contributed by atoms with Crippen LogP contribution in [0.15, 0.2) is 71.7 Å². The summed E-state index contributed by atoms with van der Waals surface area (Å²) in [6, 6.07) is 22.0. The van der Waals surface area contributed by atoms with Crippen molar-refractivity contribution in [1.82, 2.24) is 0 Å². The lowest BCUT2D eigenvalue weighted by molar-refractivity contribution is 1.53. The van der Waals surface area contributed by atoms with Gasteiger partial charge < -0.3 is 0 Å². The van der Waals surface area contributed by atoms with Gasteiger partial charge in [0.2, 0.25) is 0 Å². The van der Waals surface area contributed by atoms with E-state index in [1.165, 1.54) is 11.1 Å². The zero-order valence-electron chi connectivity index (χ0n) is 10.3. The second-order valence-electron chi connectivity index (χ2n) is 4.30. The summed E-state index contributed by atoms with van der Waals surface area (Å²) >= 11 is 5.85. The molecule has 19 heavy (non-hydrogen) atoms. The maximum Gasteiger partial charge on any atom is 0.0630 e. The highest BCUT2D eigenvalue weighted by Crippen LogP contribution is 2.26. The average molecular weight is 266 g/mol. The van der Waals surface area contributed by atoms with Crippen LogP contribution in [0.25, 0.3) is 11.1 Å². The topological polar surface area (TPSA) is 12.4 Å². The van der Waals surface area contributed by atoms with E-state index in [2.05, 4.69) is 29.3 Å². The van der Waals surface area contributed by atoms with Gasteiger partial charge in [-0.3, -0.25) is 4.99 Å². The van der Waals surface area contributed by atoms with Crippen LogP contribution in [0.4, 0.5) is 5.69 Å². The predicted molar refractivity (Wildman–Crippen MR) is 81.8 cm³/mol. The SMILES string of the molecule is Clc1ccc(N=Cc2ccc3cccccc2-3)cc1. The first-order valence-corrected chi connectivity index (χ1v) is 6.48. The molecule has 0 heterocycles. The van der Waals surface area contributed by atoms with Gasteiger partial charge in [0.15, 0.2) is 0 Å². The zero-order valence-corrected chi connectivity index (χ0v) is 11.0. The van der Waals surface area contributed by atoms with Gasteiger partial charge >= 0.3 is 0 Å². The molecule has 1 aromatic carbocycles. The molecular weight excluding hydrogens is 254 g/mol. The molecule has 0 atom stereocenters. The first-order chi connectivity index (χ1) is 9.33. The largest absolute Gasteiger partial charge is 0.256 e. The quantitative estimate of drug-likeness (QED) is 0.565. The molecule has 2 heteroatoms. The summed E-state index contributed by atoms with van der Waals surface area (Å²) in [6.07, 6.45) is 1.89. The molecule has 0 radical (unpaired) electrons. The van der Waals surface area contributed by atoms with Gasteiger partial charge in [0.1, 0.15) is 0 Å². The molecule has 3 rings (SSSR count). The van der Waals surface area contributed by atoms with Crippen molar-refractivity contribution in [3.63, 3.8) is 0 Å². The number of aliphatic imine (C=N–C) groups is 1. The van der Waals surface area contributed by atoms with Crippen molar-refractivity contribution in [2.24, 2.45) is 4.99 Å². The van der Waals surface area contributed by atoms with E-state index < -0.39 is 0 Å². The number of fused-ring (bicyclic) bond motifs is 1. The molecule has 0 aliphatic heterocycles. The Morgan fingerprint density at radius 2 is 1.58 bits per heavy atom. The van der Waals surface area contributed by atoms with Crippen molar-refractivity contribution >= 4 is 23.5 Å². The van der Waals surface area contributed by atoms with Crippen molar-refractivity contribution in [2.75, 3.05) is 0 Å². The van der Waals surface area contributed by atoms with Crippen molar-refractivity contribution in [3.05, 3.63) is 77.3 Å². The molecule has 92 valence electrons. The Bertz CT molecular complexity index is 686. The molecule has 0 amide bonds. The Labute approximate surface area is 117 Å². The molecule has 0 N–H and O–H groups in total. The predicted octanol–water partition coefficient (Wildman–Crippen LogP) is 5.20. The fraction of sp³-hybridized carbons (Fsp3) is 0. The second kappa shape index (κ2) is 5.25. The van der Waals surface area contributed by atoms with E-state index >= 15 is 0 Å². The summed E-state index contributed by atoms with van der Waals surface area (Å²) in [6.45, 7) is 0. The van der Waals surface area contributed by atoms with Gasteiger partial charge in [-0.1, -0.05) is 54.1 Å². The van der Waals surface area contributed by atoms with E-state index in [9.17, 15) is 0 Å². The van der Waals surface area contributed by atoms with Gasteiger partial charge in [-0.15, -0.1) is 0 Å². The number of hydrogen-bond donors (Lipinski definition) is 0. The molecule has 1 aromatic rings. The summed E-state index contributed by atoms with van der Waals surface area (Å²) in [4.78, 5) is 4.48. The van der Waals surface area contributed by atoms with Crippen molar-refractivity contribution < 1.29 is 0 Å². The summed E-state index contributed by atoms with van der Waals surface area (Å²) in [5, 5.41) is 0.727. The minimum atomic E-state index is 0.727.